The number of nitrogens with one attached hydrogen (secondary N) is 1. The van der Waals surface area contributed by atoms with E-state index in [-0.39, 0.29) is 24.8 Å². The van der Waals surface area contributed by atoms with Gasteiger partial charge in [-0.2, -0.15) is 0 Å². The summed E-state index contributed by atoms with van der Waals surface area (Å²) in [6.45, 7) is 5.41. The van der Waals surface area contributed by atoms with Crippen molar-refractivity contribution < 1.29 is 19.8 Å². The van der Waals surface area contributed by atoms with Gasteiger partial charge in [0.1, 0.15) is 0 Å². The fraction of sp³-hybridized carbons (Fsp3) is 0.846. The first kappa shape index (κ1) is 16.9. The van der Waals surface area contributed by atoms with Crippen molar-refractivity contribution in [2.45, 2.75) is 58.5 Å². The Bertz CT molecular complexity index is 276. The van der Waals surface area contributed by atoms with Crippen molar-refractivity contribution in [1.82, 2.24) is 5.32 Å². The first-order chi connectivity index (χ1) is 8.32. The summed E-state index contributed by atoms with van der Waals surface area (Å²) in [5, 5.41) is 21.0. The number of carboxylic acids is 1. The highest BCUT2D eigenvalue weighted by molar-refractivity contribution is 5.78. The molecule has 0 aromatic rings. The van der Waals surface area contributed by atoms with Gasteiger partial charge in [-0.25, -0.2) is 0 Å². The highest BCUT2D eigenvalue weighted by Gasteiger charge is 2.26. The van der Waals surface area contributed by atoms with Gasteiger partial charge in [-0.15, -0.1) is 0 Å². The normalized spacial score (nSPS) is 15.8. The monoisotopic (exact) mass is 259 g/mol. The Hall–Kier alpha value is -1.10. The molecule has 0 aliphatic carbocycles. The number of carboxylic acid groups (broad SMARTS) is 1. The van der Waals surface area contributed by atoms with Crippen molar-refractivity contribution in [2.75, 3.05) is 6.54 Å². The van der Waals surface area contributed by atoms with Crippen LogP contribution in [-0.2, 0) is 9.59 Å². The van der Waals surface area contributed by atoms with E-state index in [4.69, 9.17) is 5.11 Å². The second-order valence-electron chi connectivity index (χ2n) is 5.03. The van der Waals surface area contributed by atoms with Crippen molar-refractivity contribution in [1.29, 1.82) is 0 Å². The lowest BCUT2D eigenvalue weighted by Gasteiger charge is -2.23. The SMILES string of the molecule is CCCCC(CC)C(=O)NCC(C)(O)CC(=O)O. The summed E-state index contributed by atoms with van der Waals surface area (Å²) < 4.78 is 0. The summed E-state index contributed by atoms with van der Waals surface area (Å²) in [4.78, 5) is 22.4. The number of carbonyl (C=O) groups excluding carboxylic acids is 1. The molecule has 0 aromatic carbocycles. The number of amides is 1. The molecule has 2 atom stereocenters. The molecule has 5 heteroatoms. The van der Waals surface area contributed by atoms with Crippen LogP contribution in [-0.4, -0.2) is 34.2 Å². The number of aliphatic hydroxyl groups is 1. The van der Waals surface area contributed by atoms with Crippen LogP contribution in [0.15, 0.2) is 0 Å². The average Bonchev–Trinajstić information content (AvgIpc) is 2.26. The number of aliphatic carboxylic acids is 1. The van der Waals surface area contributed by atoms with Gasteiger partial charge in [0.2, 0.25) is 5.91 Å². The zero-order valence-electron chi connectivity index (χ0n) is 11.5. The van der Waals surface area contributed by atoms with Crippen molar-refractivity contribution >= 4 is 11.9 Å². The molecular weight excluding hydrogens is 234 g/mol. The van der Waals surface area contributed by atoms with E-state index in [2.05, 4.69) is 12.2 Å². The Morgan fingerprint density at radius 2 is 1.94 bits per heavy atom. The second kappa shape index (κ2) is 8.08. The Kier molecular flexibility index (Phi) is 7.59. The van der Waals surface area contributed by atoms with E-state index in [0.717, 1.165) is 25.7 Å². The van der Waals surface area contributed by atoms with Crippen molar-refractivity contribution in [3.8, 4) is 0 Å². The minimum atomic E-state index is -1.40. The van der Waals surface area contributed by atoms with E-state index in [1.165, 1.54) is 6.92 Å². The van der Waals surface area contributed by atoms with Gasteiger partial charge in [0.15, 0.2) is 0 Å². The van der Waals surface area contributed by atoms with Gasteiger partial charge in [0, 0.05) is 12.5 Å². The molecule has 0 bridgehead atoms. The van der Waals surface area contributed by atoms with Crippen LogP contribution in [0.25, 0.3) is 0 Å². The number of rotatable bonds is 9. The van der Waals surface area contributed by atoms with Crippen molar-refractivity contribution in [3.63, 3.8) is 0 Å². The van der Waals surface area contributed by atoms with Gasteiger partial charge in [-0.3, -0.25) is 9.59 Å². The summed E-state index contributed by atoms with van der Waals surface area (Å²) >= 11 is 0. The fourth-order valence-electron chi connectivity index (χ4n) is 1.78. The summed E-state index contributed by atoms with van der Waals surface area (Å²) in [5.74, 6) is -1.23. The lowest BCUT2D eigenvalue weighted by atomic mass is 9.97. The molecule has 0 rings (SSSR count). The Morgan fingerprint density at radius 1 is 1.33 bits per heavy atom. The zero-order chi connectivity index (χ0) is 14.2. The van der Waals surface area contributed by atoms with Crippen molar-refractivity contribution in [3.05, 3.63) is 0 Å². The van der Waals surface area contributed by atoms with Crippen LogP contribution in [0.2, 0.25) is 0 Å². The Morgan fingerprint density at radius 3 is 2.39 bits per heavy atom. The lowest BCUT2D eigenvalue weighted by molar-refractivity contribution is -0.142. The molecule has 18 heavy (non-hydrogen) atoms. The van der Waals surface area contributed by atoms with Crippen LogP contribution in [0.3, 0.4) is 0 Å². The van der Waals surface area contributed by atoms with Crippen molar-refractivity contribution in [2.24, 2.45) is 5.92 Å². The molecular formula is C13H25NO4. The molecule has 0 aromatic heterocycles. The Labute approximate surface area is 109 Å². The molecule has 3 N–H and O–H groups in total. The predicted octanol–water partition coefficient (Wildman–Crippen LogP) is 1.54. The zero-order valence-corrected chi connectivity index (χ0v) is 11.5. The smallest absolute Gasteiger partial charge is 0.306 e. The molecule has 0 spiro atoms. The third-order valence-electron chi connectivity index (χ3n) is 2.95. The molecule has 106 valence electrons. The first-order valence-corrected chi connectivity index (χ1v) is 6.54. The number of carbonyl (C=O) groups is 2. The number of hydrogen-bond donors (Lipinski definition) is 3. The summed E-state index contributed by atoms with van der Waals surface area (Å²) in [6.07, 6.45) is 3.25. The first-order valence-electron chi connectivity index (χ1n) is 6.54. The molecule has 0 saturated heterocycles. The van der Waals surface area contributed by atoms with Crippen LogP contribution in [0.5, 0.6) is 0 Å². The van der Waals surface area contributed by atoms with Crippen LogP contribution in [0.4, 0.5) is 0 Å². The highest BCUT2D eigenvalue weighted by Crippen LogP contribution is 2.14. The predicted molar refractivity (Wildman–Crippen MR) is 69.2 cm³/mol. The number of hydrogen-bond acceptors (Lipinski definition) is 3. The maximum atomic E-state index is 11.8. The van der Waals surface area contributed by atoms with Gasteiger partial charge in [-0.05, 0) is 19.8 Å². The molecule has 5 nitrogen and oxygen atoms in total. The average molecular weight is 259 g/mol. The molecule has 0 heterocycles. The molecule has 0 aliphatic rings. The van der Waals surface area contributed by atoms with E-state index in [9.17, 15) is 14.7 Å². The van der Waals surface area contributed by atoms with E-state index in [1.54, 1.807) is 0 Å². The topological polar surface area (TPSA) is 86.6 Å². The van der Waals surface area contributed by atoms with Gasteiger partial charge >= 0.3 is 5.97 Å². The molecule has 1 amide bonds. The van der Waals surface area contributed by atoms with Crippen LogP contribution < -0.4 is 5.32 Å². The van der Waals surface area contributed by atoms with Crippen LogP contribution in [0.1, 0.15) is 52.9 Å². The third kappa shape index (κ3) is 7.27. The van der Waals surface area contributed by atoms with E-state index < -0.39 is 11.6 Å². The number of unbranched alkanes of at least 4 members (excludes halogenated alkanes) is 1. The summed E-state index contributed by atoms with van der Waals surface area (Å²) in [6, 6.07) is 0. The summed E-state index contributed by atoms with van der Waals surface area (Å²) in [7, 11) is 0. The minimum absolute atomic E-state index is 0.0270. The van der Waals surface area contributed by atoms with Crippen LogP contribution >= 0.6 is 0 Å². The third-order valence-corrected chi connectivity index (χ3v) is 2.95. The van der Waals surface area contributed by atoms with Gasteiger partial charge < -0.3 is 15.5 Å². The van der Waals surface area contributed by atoms with Gasteiger partial charge in [0.25, 0.3) is 0 Å². The second-order valence-corrected chi connectivity index (χ2v) is 5.03. The summed E-state index contributed by atoms with van der Waals surface area (Å²) in [5.41, 5.74) is -1.40. The van der Waals surface area contributed by atoms with E-state index in [0.29, 0.717) is 0 Å². The van der Waals surface area contributed by atoms with E-state index in [1.807, 2.05) is 6.92 Å². The fourth-order valence-corrected chi connectivity index (χ4v) is 1.78. The molecule has 0 fully saturated rings. The standard InChI is InChI=1S/C13H25NO4/c1-4-6-7-10(5-2)12(17)14-9-13(3,18)8-11(15)16/h10,18H,4-9H2,1-3H3,(H,14,17)(H,15,16). The molecule has 0 radical (unpaired) electrons. The maximum Gasteiger partial charge on any atom is 0.306 e. The van der Waals surface area contributed by atoms with Crippen LogP contribution in [0, 0.1) is 5.92 Å². The van der Waals surface area contributed by atoms with Gasteiger partial charge in [0.05, 0.1) is 12.0 Å². The Balaban J connectivity index is 4.17. The quantitative estimate of drug-likeness (QED) is 0.586. The van der Waals surface area contributed by atoms with Gasteiger partial charge in [-0.1, -0.05) is 26.7 Å². The maximum absolute atomic E-state index is 11.8. The lowest BCUT2D eigenvalue weighted by Crippen LogP contribution is -2.44. The highest BCUT2D eigenvalue weighted by atomic mass is 16.4. The molecule has 0 saturated carbocycles. The largest absolute Gasteiger partial charge is 0.481 e. The molecule has 0 aliphatic heterocycles. The molecule has 2 unspecified atom stereocenters. The van der Waals surface area contributed by atoms with E-state index >= 15 is 0 Å². The minimum Gasteiger partial charge on any atom is -0.481 e.